The van der Waals surface area contributed by atoms with Crippen molar-refractivity contribution >= 4 is 17.7 Å². The zero-order valence-corrected chi connectivity index (χ0v) is 22.1. The Hall–Kier alpha value is -4.19. The zero-order valence-electron chi connectivity index (χ0n) is 21.3. The molecule has 0 atom stereocenters. The first-order valence-corrected chi connectivity index (χ1v) is 12.6. The van der Waals surface area contributed by atoms with Crippen LogP contribution in [0, 0.1) is 0 Å². The number of benzene rings is 3. The van der Waals surface area contributed by atoms with E-state index in [2.05, 4.69) is 15.5 Å². The van der Waals surface area contributed by atoms with Gasteiger partial charge in [0.05, 0.1) is 39.1 Å². The molecule has 204 valence electrons. The standard InChI is InChI=1S/C27H25F3N4O4S/c1-36-20-12-18(13-21(14-20)37-2)25(35)31-15-24-32-33-26(34(24)22-6-4-5-7-23(22)38-3)39-16-17-8-10-19(11-9-17)27(28,29)30/h4-14H,15-16H2,1-3H3,(H,31,35). The van der Waals surface area contributed by atoms with E-state index in [1.807, 2.05) is 18.2 Å². The number of halogens is 3. The first-order chi connectivity index (χ1) is 18.7. The van der Waals surface area contributed by atoms with E-state index in [0.717, 1.165) is 12.1 Å². The van der Waals surface area contributed by atoms with Gasteiger partial charge in [-0.05, 0) is 42.0 Å². The number of carbonyl (C=O) groups is 1. The van der Waals surface area contributed by atoms with Gasteiger partial charge in [0.2, 0.25) is 0 Å². The Morgan fingerprint density at radius 1 is 0.923 bits per heavy atom. The molecule has 1 N–H and O–H groups in total. The van der Waals surface area contributed by atoms with Crippen molar-refractivity contribution in [1.29, 1.82) is 0 Å². The molecule has 4 aromatic rings. The number of amides is 1. The van der Waals surface area contributed by atoms with Crippen molar-refractivity contribution in [1.82, 2.24) is 20.1 Å². The van der Waals surface area contributed by atoms with Gasteiger partial charge in [-0.25, -0.2) is 0 Å². The number of para-hydroxylation sites is 2. The number of nitrogens with one attached hydrogen (secondary N) is 1. The molecule has 0 saturated heterocycles. The van der Waals surface area contributed by atoms with E-state index in [0.29, 0.717) is 50.8 Å². The van der Waals surface area contributed by atoms with Gasteiger partial charge in [-0.15, -0.1) is 10.2 Å². The summed E-state index contributed by atoms with van der Waals surface area (Å²) in [5.74, 6) is 1.90. The Morgan fingerprint density at radius 2 is 1.59 bits per heavy atom. The molecule has 0 unspecified atom stereocenters. The lowest BCUT2D eigenvalue weighted by atomic mass is 10.1. The number of carbonyl (C=O) groups excluding carboxylic acids is 1. The highest BCUT2D eigenvalue weighted by Gasteiger charge is 2.30. The van der Waals surface area contributed by atoms with E-state index >= 15 is 0 Å². The Balaban J connectivity index is 1.59. The maximum atomic E-state index is 13.0. The van der Waals surface area contributed by atoms with Crippen LogP contribution in [0.3, 0.4) is 0 Å². The molecule has 1 heterocycles. The lowest BCUT2D eigenvalue weighted by Gasteiger charge is -2.14. The molecule has 8 nitrogen and oxygen atoms in total. The second kappa shape index (κ2) is 12.1. The minimum atomic E-state index is -4.40. The van der Waals surface area contributed by atoms with Crippen LogP contribution in [0.25, 0.3) is 5.69 Å². The van der Waals surface area contributed by atoms with Crippen molar-refractivity contribution < 1.29 is 32.2 Å². The van der Waals surface area contributed by atoms with Crippen LogP contribution >= 0.6 is 11.8 Å². The predicted molar refractivity (Wildman–Crippen MR) is 140 cm³/mol. The fraction of sp³-hybridized carbons (Fsp3) is 0.222. The van der Waals surface area contributed by atoms with E-state index < -0.39 is 11.7 Å². The number of methoxy groups -OCH3 is 3. The summed E-state index contributed by atoms with van der Waals surface area (Å²) >= 11 is 1.30. The van der Waals surface area contributed by atoms with Crippen molar-refractivity contribution in [2.75, 3.05) is 21.3 Å². The van der Waals surface area contributed by atoms with Crippen molar-refractivity contribution in [3.63, 3.8) is 0 Å². The summed E-state index contributed by atoms with van der Waals surface area (Å²) in [5, 5.41) is 11.9. The Kier molecular flexibility index (Phi) is 8.65. The maximum Gasteiger partial charge on any atom is 0.416 e. The van der Waals surface area contributed by atoms with Gasteiger partial charge in [0, 0.05) is 17.4 Å². The van der Waals surface area contributed by atoms with Gasteiger partial charge in [0.15, 0.2) is 11.0 Å². The van der Waals surface area contributed by atoms with E-state index in [1.54, 1.807) is 28.8 Å². The average molecular weight is 559 g/mol. The molecule has 0 aliphatic rings. The van der Waals surface area contributed by atoms with E-state index in [1.165, 1.54) is 45.2 Å². The number of aromatic nitrogens is 3. The fourth-order valence-corrected chi connectivity index (χ4v) is 4.62. The number of hydrogen-bond donors (Lipinski definition) is 1. The number of thioether (sulfide) groups is 1. The average Bonchev–Trinajstić information content (AvgIpc) is 3.36. The molecule has 4 rings (SSSR count). The number of alkyl halides is 3. The second-order valence-corrected chi connectivity index (χ2v) is 9.12. The Bertz CT molecular complexity index is 1420. The van der Waals surface area contributed by atoms with Crippen LogP contribution in [0.4, 0.5) is 13.2 Å². The summed E-state index contributed by atoms with van der Waals surface area (Å²) in [4.78, 5) is 13.0. The van der Waals surface area contributed by atoms with E-state index in [-0.39, 0.29) is 12.5 Å². The third-order valence-electron chi connectivity index (χ3n) is 5.70. The van der Waals surface area contributed by atoms with Gasteiger partial charge in [-0.3, -0.25) is 9.36 Å². The summed E-state index contributed by atoms with van der Waals surface area (Å²) in [6, 6.07) is 17.1. The molecule has 0 aliphatic heterocycles. The summed E-state index contributed by atoms with van der Waals surface area (Å²) < 4.78 is 56.5. The molecule has 3 aromatic carbocycles. The smallest absolute Gasteiger partial charge is 0.416 e. The van der Waals surface area contributed by atoms with Gasteiger partial charge in [-0.2, -0.15) is 13.2 Å². The largest absolute Gasteiger partial charge is 0.497 e. The molecular weight excluding hydrogens is 533 g/mol. The van der Waals surface area contributed by atoms with Crippen LogP contribution < -0.4 is 19.5 Å². The predicted octanol–water partition coefficient (Wildman–Crippen LogP) is 5.53. The summed E-state index contributed by atoms with van der Waals surface area (Å²) in [6.07, 6.45) is -4.40. The minimum Gasteiger partial charge on any atom is -0.497 e. The van der Waals surface area contributed by atoms with Crippen molar-refractivity contribution in [2.45, 2.75) is 23.6 Å². The normalized spacial score (nSPS) is 11.2. The molecule has 1 amide bonds. The highest BCUT2D eigenvalue weighted by atomic mass is 32.2. The van der Waals surface area contributed by atoms with Gasteiger partial charge in [-0.1, -0.05) is 36.0 Å². The van der Waals surface area contributed by atoms with Crippen molar-refractivity contribution in [3.05, 3.63) is 89.2 Å². The third kappa shape index (κ3) is 6.63. The third-order valence-corrected chi connectivity index (χ3v) is 6.70. The van der Waals surface area contributed by atoms with E-state index in [9.17, 15) is 18.0 Å². The first-order valence-electron chi connectivity index (χ1n) is 11.6. The zero-order chi connectivity index (χ0) is 28.0. The Labute approximate surface area is 227 Å². The molecule has 0 spiro atoms. The molecule has 39 heavy (non-hydrogen) atoms. The second-order valence-electron chi connectivity index (χ2n) is 8.17. The van der Waals surface area contributed by atoms with E-state index in [4.69, 9.17) is 14.2 Å². The molecule has 0 radical (unpaired) electrons. The first kappa shape index (κ1) is 27.8. The highest BCUT2D eigenvalue weighted by molar-refractivity contribution is 7.98. The molecule has 0 bridgehead atoms. The lowest BCUT2D eigenvalue weighted by Crippen LogP contribution is -2.24. The van der Waals surface area contributed by atoms with Crippen LogP contribution in [-0.4, -0.2) is 42.0 Å². The van der Waals surface area contributed by atoms with Crippen LogP contribution in [0.15, 0.2) is 71.9 Å². The molecular formula is C27H25F3N4O4S. The number of ether oxygens (including phenoxy) is 3. The fourth-order valence-electron chi connectivity index (χ4n) is 3.70. The van der Waals surface area contributed by atoms with Crippen molar-refractivity contribution in [3.8, 4) is 22.9 Å². The quantitative estimate of drug-likeness (QED) is 0.256. The molecule has 0 aliphatic carbocycles. The van der Waals surface area contributed by atoms with Crippen molar-refractivity contribution in [2.24, 2.45) is 0 Å². The Morgan fingerprint density at radius 3 is 2.21 bits per heavy atom. The molecule has 0 saturated carbocycles. The number of rotatable bonds is 10. The molecule has 12 heteroatoms. The summed E-state index contributed by atoms with van der Waals surface area (Å²) in [7, 11) is 4.53. The van der Waals surface area contributed by atoms with Gasteiger partial charge >= 0.3 is 6.18 Å². The van der Waals surface area contributed by atoms with Crippen LogP contribution in [0.5, 0.6) is 17.2 Å². The summed E-state index contributed by atoms with van der Waals surface area (Å²) in [5.41, 5.74) is 0.961. The lowest BCUT2D eigenvalue weighted by molar-refractivity contribution is -0.137. The monoisotopic (exact) mass is 558 g/mol. The maximum absolute atomic E-state index is 13.0. The van der Waals surface area contributed by atoms with Gasteiger partial charge in [0.1, 0.15) is 17.2 Å². The van der Waals surface area contributed by atoms with Gasteiger partial charge in [0.25, 0.3) is 5.91 Å². The molecule has 0 fully saturated rings. The van der Waals surface area contributed by atoms with Crippen LogP contribution in [0.1, 0.15) is 27.3 Å². The number of hydrogen-bond acceptors (Lipinski definition) is 7. The van der Waals surface area contributed by atoms with Crippen LogP contribution in [-0.2, 0) is 18.5 Å². The minimum absolute atomic E-state index is 0.0320. The SMILES string of the molecule is COc1cc(OC)cc(C(=O)NCc2nnc(SCc3ccc(C(F)(F)F)cc3)n2-c2ccccc2OC)c1. The topological polar surface area (TPSA) is 87.5 Å². The van der Waals surface area contributed by atoms with Gasteiger partial charge < -0.3 is 19.5 Å². The molecule has 1 aromatic heterocycles. The van der Waals surface area contributed by atoms with Crippen LogP contribution in [0.2, 0.25) is 0 Å². The highest BCUT2D eigenvalue weighted by Crippen LogP contribution is 2.32. The number of nitrogens with zero attached hydrogens (tertiary/aromatic N) is 3. The summed E-state index contributed by atoms with van der Waals surface area (Å²) in [6.45, 7) is 0.0320.